The number of hydrogen-bond acceptors (Lipinski definition) is 5. The van der Waals surface area contributed by atoms with Crippen molar-refractivity contribution in [1.29, 1.82) is 0 Å². The molecule has 0 saturated heterocycles. The zero-order valence-electron chi connectivity index (χ0n) is 20.0. The summed E-state index contributed by atoms with van der Waals surface area (Å²) in [5, 5.41) is 17.5. The summed E-state index contributed by atoms with van der Waals surface area (Å²) < 4.78 is 1.94. The Bertz CT molecular complexity index is 1270. The van der Waals surface area contributed by atoms with Gasteiger partial charge in [-0.2, -0.15) is 0 Å². The Morgan fingerprint density at radius 2 is 2.00 bits per heavy atom. The van der Waals surface area contributed by atoms with Crippen LogP contribution < -0.4 is 10.6 Å². The number of carbonyl (C=O) groups excluding carboxylic acids is 1. The Kier molecular flexibility index (Phi) is 6.81. The number of H-pyrrole nitrogens is 1. The molecule has 1 aliphatic rings. The molecule has 8 heteroatoms. The number of nitrogens with zero attached hydrogens (tertiary/aromatic N) is 3. The van der Waals surface area contributed by atoms with Crippen molar-refractivity contribution in [3.63, 3.8) is 0 Å². The first kappa shape index (κ1) is 23.1. The molecule has 3 heterocycles. The van der Waals surface area contributed by atoms with Crippen LogP contribution in [0.3, 0.4) is 0 Å². The SMILES string of the molecule is CCCc1cc2c(NC3CCC(O)CC3)c(C(=O)NCc3ccc(-n4ccnc4)cc3)cnc2[nH]1. The summed E-state index contributed by atoms with van der Waals surface area (Å²) in [6, 6.07) is 10.4. The first-order valence-electron chi connectivity index (χ1n) is 12.4. The third-order valence-electron chi connectivity index (χ3n) is 6.72. The first-order valence-corrected chi connectivity index (χ1v) is 12.4. The minimum absolute atomic E-state index is 0.158. The molecule has 1 aromatic carbocycles. The number of aliphatic hydroxyl groups is 1. The Morgan fingerprint density at radius 3 is 2.71 bits per heavy atom. The Morgan fingerprint density at radius 1 is 1.20 bits per heavy atom. The van der Waals surface area contributed by atoms with Crippen LogP contribution in [0.15, 0.2) is 55.2 Å². The van der Waals surface area contributed by atoms with Crippen LogP contribution in [0.4, 0.5) is 5.69 Å². The number of nitrogens with one attached hydrogen (secondary N) is 3. The molecule has 0 radical (unpaired) electrons. The molecule has 5 rings (SSSR count). The zero-order chi connectivity index (χ0) is 24.2. The molecule has 1 amide bonds. The quantitative estimate of drug-likeness (QED) is 0.305. The number of fused-ring (bicyclic) bond motifs is 1. The van der Waals surface area contributed by atoms with Crippen molar-refractivity contribution in [1.82, 2.24) is 24.8 Å². The van der Waals surface area contributed by atoms with Crippen molar-refractivity contribution in [2.75, 3.05) is 5.32 Å². The smallest absolute Gasteiger partial charge is 0.255 e. The molecule has 0 atom stereocenters. The topological polar surface area (TPSA) is 108 Å². The van der Waals surface area contributed by atoms with E-state index in [0.717, 1.165) is 72.2 Å². The van der Waals surface area contributed by atoms with Crippen molar-refractivity contribution in [2.45, 2.75) is 64.1 Å². The van der Waals surface area contributed by atoms with Gasteiger partial charge in [-0.1, -0.05) is 25.5 Å². The number of aromatic nitrogens is 4. The van der Waals surface area contributed by atoms with Crippen molar-refractivity contribution in [3.8, 4) is 5.69 Å². The fourth-order valence-electron chi connectivity index (χ4n) is 4.76. The highest BCUT2D eigenvalue weighted by molar-refractivity contribution is 6.06. The molecular formula is C27H32N6O2. The largest absolute Gasteiger partial charge is 0.393 e. The molecule has 0 unspecified atom stereocenters. The van der Waals surface area contributed by atoms with E-state index >= 15 is 0 Å². The predicted molar refractivity (Wildman–Crippen MR) is 137 cm³/mol. The maximum absolute atomic E-state index is 13.3. The predicted octanol–water partition coefficient (Wildman–Crippen LogP) is 4.35. The standard InChI is InChI=1S/C27H32N6O2/c1-2-3-20-14-23-25(31-19-6-10-22(34)11-7-19)24(16-29-26(23)32-20)27(35)30-15-18-4-8-21(9-5-18)33-13-12-28-17-33/h4-5,8-9,12-14,16-17,19,22,34H,2-3,6-7,10-11,15H2,1H3,(H,30,35)(H2,29,31,32). The maximum atomic E-state index is 13.3. The molecule has 4 N–H and O–H groups in total. The molecule has 35 heavy (non-hydrogen) atoms. The number of hydrogen-bond donors (Lipinski definition) is 4. The number of carbonyl (C=O) groups is 1. The number of imidazole rings is 1. The lowest BCUT2D eigenvalue weighted by atomic mass is 9.92. The molecule has 0 spiro atoms. The van der Waals surface area contributed by atoms with Crippen LogP contribution in [-0.4, -0.2) is 42.7 Å². The third-order valence-corrected chi connectivity index (χ3v) is 6.72. The highest BCUT2D eigenvalue weighted by Gasteiger charge is 2.23. The van der Waals surface area contributed by atoms with E-state index in [1.807, 2.05) is 35.0 Å². The van der Waals surface area contributed by atoms with Gasteiger partial charge in [0.15, 0.2) is 0 Å². The lowest BCUT2D eigenvalue weighted by Gasteiger charge is -2.28. The van der Waals surface area contributed by atoms with E-state index in [4.69, 9.17) is 0 Å². The fraction of sp³-hybridized carbons (Fsp3) is 0.370. The molecule has 182 valence electrons. The van der Waals surface area contributed by atoms with Crippen molar-refractivity contribution < 1.29 is 9.90 Å². The van der Waals surface area contributed by atoms with Gasteiger partial charge < -0.3 is 25.3 Å². The van der Waals surface area contributed by atoms with E-state index in [0.29, 0.717) is 12.1 Å². The summed E-state index contributed by atoms with van der Waals surface area (Å²) in [4.78, 5) is 25.3. The van der Waals surface area contributed by atoms with Crippen molar-refractivity contribution in [3.05, 3.63) is 72.1 Å². The number of amides is 1. The first-order chi connectivity index (χ1) is 17.1. The van der Waals surface area contributed by atoms with Crippen LogP contribution in [0, 0.1) is 0 Å². The second kappa shape index (κ2) is 10.3. The van der Waals surface area contributed by atoms with Gasteiger partial charge in [-0.15, -0.1) is 0 Å². The van der Waals surface area contributed by atoms with Gasteiger partial charge in [-0.25, -0.2) is 9.97 Å². The molecule has 8 nitrogen and oxygen atoms in total. The molecule has 1 fully saturated rings. The third kappa shape index (κ3) is 5.22. The molecule has 0 bridgehead atoms. The Labute approximate surface area is 204 Å². The molecule has 4 aromatic rings. The fourth-order valence-corrected chi connectivity index (χ4v) is 4.76. The highest BCUT2D eigenvalue weighted by Crippen LogP contribution is 2.31. The Balaban J connectivity index is 1.36. The second-order valence-corrected chi connectivity index (χ2v) is 9.32. The highest BCUT2D eigenvalue weighted by atomic mass is 16.3. The summed E-state index contributed by atoms with van der Waals surface area (Å²) in [6.07, 6.45) is 12.1. The van der Waals surface area contributed by atoms with Crippen molar-refractivity contribution in [2.24, 2.45) is 0 Å². The number of aliphatic hydroxyl groups excluding tert-OH is 1. The van der Waals surface area contributed by atoms with Gasteiger partial charge in [-0.05, 0) is 55.9 Å². The molecule has 1 saturated carbocycles. The van der Waals surface area contributed by atoms with Gasteiger partial charge in [0, 0.05) is 47.9 Å². The monoisotopic (exact) mass is 472 g/mol. The van der Waals surface area contributed by atoms with Gasteiger partial charge >= 0.3 is 0 Å². The van der Waals surface area contributed by atoms with Crippen molar-refractivity contribution >= 4 is 22.6 Å². The van der Waals surface area contributed by atoms with Gasteiger partial charge in [0.2, 0.25) is 0 Å². The number of anilines is 1. The van der Waals surface area contributed by atoms with Crippen LogP contribution >= 0.6 is 0 Å². The average molecular weight is 473 g/mol. The van der Waals surface area contributed by atoms with Crippen LogP contribution in [-0.2, 0) is 13.0 Å². The van der Waals surface area contributed by atoms with Gasteiger partial charge in [0.25, 0.3) is 5.91 Å². The summed E-state index contributed by atoms with van der Waals surface area (Å²) in [6.45, 7) is 2.57. The minimum atomic E-state index is -0.225. The number of rotatable bonds is 8. The number of pyridine rings is 1. The number of aromatic amines is 1. The summed E-state index contributed by atoms with van der Waals surface area (Å²) in [5.41, 5.74) is 5.31. The normalized spacial score (nSPS) is 18.0. The van der Waals surface area contributed by atoms with Gasteiger partial charge in [0.05, 0.1) is 23.7 Å². The molecule has 0 aliphatic heterocycles. The van der Waals surface area contributed by atoms with Gasteiger partial charge in [-0.3, -0.25) is 4.79 Å². The number of aryl methyl sites for hydroxylation is 1. The number of benzene rings is 1. The van der Waals surface area contributed by atoms with E-state index in [1.165, 1.54) is 0 Å². The second-order valence-electron chi connectivity index (χ2n) is 9.32. The molecular weight excluding hydrogens is 440 g/mol. The van der Waals surface area contributed by atoms with E-state index in [-0.39, 0.29) is 18.1 Å². The van der Waals surface area contributed by atoms with E-state index < -0.39 is 0 Å². The van der Waals surface area contributed by atoms with Crippen LogP contribution in [0.1, 0.15) is 60.6 Å². The average Bonchev–Trinajstić information content (AvgIpc) is 3.55. The lowest BCUT2D eigenvalue weighted by molar-refractivity contribution is 0.0951. The van der Waals surface area contributed by atoms with Crippen LogP contribution in [0.2, 0.25) is 0 Å². The summed E-state index contributed by atoms with van der Waals surface area (Å²) >= 11 is 0. The summed E-state index contributed by atoms with van der Waals surface area (Å²) in [7, 11) is 0. The van der Waals surface area contributed by atoms with Crippen LogP contribution in [0.5, 0.6) is 0 Å². The van der Waals surface area contributed by atoms with E-state index in [2.05, 4.69) is 38.6 Å². The maximum Gasteiger partial charge on any atom is 0.255 e. The molecule has 3 aromatic heterocycles. The Hall–Kier alpha value is -3.65. The van der Waals surface area contributed by atoms with E-state index in [9.17, 15) is 9.90 Å². The zero-order valence-corrected chi connectivity index (χ0v) is 20.0. The minimum Gasteiger partial charge on any atom is -0.393 e. The van der Waals surface area contributed by atoms with Crippen LogP contribution in [0.25, 0.3) is 16.7 Å². The van der Waals surface area contributed by atoms with E-state index in [1.54, 1.807) is 18.7 Å². The molecule has 1 aliphatic carbocycles. The lowest BCUT2D eigenvalue weighted by Crippen LogP contribution is -2.30. The summed E-state index contributed by atoms with van der Waals surface area (Å²) in [5.74, 6) is -0.158. The van der Waals surface area contributed by atoms with Gasteiger partial charge in [0.1, 0.15) is 5.65 Å².